The third kappa shape index (κ3) is 1.87. The molecule has 0 atom stereocenters. The number of rotatable bonds is 3. The summed E-state index contributed by atoms with van der Waals surface area (Å²) in [6.07, 6.45) is 4.65. The highest BCUT2D eigenvalue weighted by Gasteiger charge is 2.20. The predicted molar refractivity (Wildman–Crippen MR) is 62.1 cm³/mol. The first kappa shape index (κ1) is 11.3. The van der Waals surface area contributed by atoms with Crippen LogP contribution >= 0.6 is 0 Å². The monoisotopic (exact) mass is 222 g/mol. The molecule has 0 aromatic heterocycles. The van der Waals surface area contributed by atoms with Gasteiger partial charge in [-0.3, -0.25) is 0 Å². The van der Waals surface area contributed by atoms with Crippen molar-refractivity contribution in [2.45, 2.75) is 32.1 Å². The average molecular weight is 222 g/mol. The number of phenols is 1. The lowest BCUT2D eigenvalue weighted by atomic mass is 9.88. The van der Waals surface area contributed by atoms with E-state index in [1.54, 1.807) is 7.11 Å². The van der Waals surface area contributed by atoms with Crippen molar-refractivity contribution in [1.29, 1.82) is 0 Å². The Morgan fingerprint density at radius 1 is 1.25 bits per heavy atom. The van der Waals surface area contributed by atoms with Crippen molar-refractivity contribution in [2.75, 3.05) is 13.7 Å². The van der Waals surface area contributed by atoms with Crippen LogP contribution in [0.25, 0.3) is 0 Å². The Hall–Kier alpha value is -1.22. The van der Waals surface area contributed by atoms with Gasteiger partial charge in [-0.25, -0.2) is 0 Å². The van der Waals surface area contributed by atoms with Crippen LogP contribution in [0.3, 0.4) is 0 Å². The third-order valence-corrected chi connectivity index (χ3v) is 3.26. The molecule has 1 aromatic carbocycles. The average Bonchev–Trinajstić information content (AvgIpc) is 2.33. The molecule has 3 nitrogen and oxygen atoms in total. The maximum Gasteiger partial charge on any atom is 0.122 e. The van der Waals surface area contributed by atoms with Gasteiger partial charge in [0.05, 0.1) is 7.11 Å². The molecule has 2 N–H and O–H groups in total. The summed E-state index contributed by atoms with van der Waals surface area (Å²) >= 11 is 0. The number of benzene rings is 1. The topological polar surface area (TPSA) is 49.7 Å². The first-order valence-electron chi connectivity index (χ1n) is 5.79. The maximum atomic E-state index is 10.1. The van der Waals surface area contributed by atoms with Crippen molar-refractivity contribution in [3.63, 3.8) is 0 Å². The van der Waals surface area contributed by atoms with E-state index in [1.165, 1.54) is 0 Å². The molecule has 2 rings (SSSR count). The summed E-state index contributed by atoms with van der Waals surface area (Å²) in [5.74, 6) is 1.22. The zero-order valence-electron chi connectivity index (χ0n) is 9.62. The number of hydrogen-bond acceptors (Lipinski definition) is 3. The van der Waals surface area contributed by atoms with Gasteiger partial charge in [0.2, 0.25) is 0 Å². The molecule has 0 aliphatic heterocycles. The predicted octanol–water partition coefficient (Wildman–Crippen LogP) is 1.81. The van der Waals surface area contributed by atoms with Gasteiger partial charge in [0.25, 0.3) is 0 Å². The molecule has 0 saturated heterocycles. The standard InChI is InChI=1S/C13H18O3/c1-16-12-8-9(6-7-14)13(15)11-5-3-2-4-10(11)12/h8,14-15H,2-7H2,1H3. The van der Waals surface area contributed by atoms with E-state index < -0.39 is 0 Å². The Labute approximate surface area is 95.7 Å². The Morgan fingerprint density at radius 2 is 1.94 bits per heavy atom. The van der Waals surface area contributed by atoms with Gasteiger partial charge in [0.15, 0.2) is 0 Å². The lowest BCUT2D eigenvalue weighted by molar-refractivity contribution is 0.296. The van der Waals surface area contributed by atoms with Crippen LogP contribution in [0.1, 0.15) is 29.5 Å². The first-order chi connectivity index (χ1) is 7.77. The molecule has 0 spiro atoms. The SMILES string of the molecule is COc1cc(CCO)c(O)c2c1CCCC2. The number of aliphatic hydroxyl groups excluding tert-OH is 1. The fourth-order valence-corrected chi connectivity index (χ4v) is 2.44. The molecule has 16 heavy (non-hydrogen) atoms. The molecule has 0 saturated carbocycles. The minimum absolute atomic E-state index is 0.0511. The number of phenolic OH excluding ortho intramolecular Hbond substituents is 1. The molecule has 1 aliphatic carbocycles. The lowest BCUT2D eigenvalue weighted by Crippen LogP contribution is -2.07. The molecule has 1 aliphatic rings. The van der Waals surface area contributed by atoms with Crippen LogP contribution in [0, 0.1) is 0 Å². The van der Waals surface area contributed by atoms with Crippen LogP contribution in [-0.2, 0) is 19.3 Å². The summed E-state index contributed by atoms with van der Waals surface area (Å²) in [4.78, 5) is 0. The minimum atomic E-state index is 0.0511. The Morgan fingerprint density at radius 3 is 2.56 bits per heavy atom. The van der Waals surface area contributed by atoms with E-state index in [0.717, 1.165) is 48.1 Å². The van der Waals surface area contributed by atoms with Gasteiger partial charge in [0, 0.05) is 23.3 Å². The number of aromatic hydroxyl groups is 1. The molecule has 0 radical (unpaired) electrons. The van der Waals surface area contributed by atoms with Crippen LogP contribution in [-0.4, -0.2) is 23.9 Å². The molecule has 0 fully saturated rings. The minimum Gasteiger partial charge on any atom is -0.507 e. The second-order valence-corrected chi connectivity index (χ2v) is 4.22. The van der Waals surface area contributed by atoms with Gasteiger partial charge < -0.3 is 14.9 Å². The van der Waals surface area contributed by atoms with Crippen LogP contribution in [0.15, 0.2) is 6.07 Å². The van der Waals surface area contributed by atoms with Crippen molar-refractivity contribution >= 4 is 0 Å². The van der Waals surface area contributed by atoms with E-state index in [-0.39, 0.29) is 6.61 Å². The molecule has 0 heterocycles. The number of fused-ring (bicyclic) bond motifs is 1. The fraction of sp³-hybridized carbons (Fsp3) is 0.538. The zero-order chi connectivity index (χ0) is 11.5. The van der Waals surface area contributed by atoms with Gasteiger partial charge in [0.1, 0.15) is 11.5 Å². The lowest BCUT2D eigenvalue weighted by Gasteiger charge is -2.21. The van der Waals surface area contributed by atoms with E-state index in [0.29, 0.717) is 12.2 Å². The molecule has 1 aromatic rings. The highest BCUT2D eigenvalue weighted by Crippen LogP contribution is 2.38. The van der Waals surface area contributed by atoms with Gasteiger partial charge in [-0.2, -0.15) is 0 Å². The summed E-state index contributed by atoms with van der Waals surface area (Å²) in [5, 5.41) is 19.1. The summed E-state index contributed by atoms with van der Waals surface area (Å²) in [6, 6.07) is 1.86. The van der Waals surface area contributed by atoms with Crippen LogP contribution in [0.2, 0.25) is 0 Å². The van der Waals surface area contributed by atoms with Crippen LogP contribution < -0.4 is 4.74 Å². The molecular formula is C13H18O3. The zero-order valence-corrected chi connectivity index (χ0v) is 9.62. The third-order valence-electron chi connectivity index (χ3n) is 3.26. The second-order valence-electron chi connectivity index (χ2n) is 4.22. The second kappa shape index (κ2) is 4.74. The quantitative estimate of drug-likeness (QED) is 0.820. The molecule has 0 amide bonds. The highest BCUT2D eigenvalue weighted by atomic mass is 16.5. The van der Waals surface area contributed by atoms with Gasteiger partial charge in [-0.15, -0.1) is 0 Å². The van der Waals surface area contributed by atoms with Gasteiger partial charge in [-0.05, 0) is 38.2 Å². The number of methoxy groups -OCH3 is 1. The number of aliphatic hydroxyl groups is 1. The molecular weight excluding hydrogens is 204 g/mol. The van der Waals surface area contributed by atoms with Crippen molar-refractivity contribution in [1.82, 2.24) is 0 Å². The van der Waals surface area contributed by atoms with Crippen molar-refractivity contribution in [3.8, 4) is 11.5 Å². The van der Waals surface area contributed by atoms with Crippen LogP contribution in [0.4, 0.5) is 0 Å². The van der Waals surface area contributed by atoms with Gasteiger partial charge >= 0.3 is 0 Å². The van der Waals surface area contributed by atoms with Gasteiger partial charge in [-0.1, -0.05) is 0 Å². The molecule has 0 unspecified atom stereocenters. The van der Waals surface area contributed by atoms with Crippen molar-refractivity contribution < 1.29 is 14.9 Å². The molecule has 0 bridgehead atoms. The number of hydrogen-bond donors (Lipinski definition) is 2. The summed E-state index contributed by atoms with van der Waals surface area (Å²) in [5.41, 5.74) is 2.96. The normalized spacial score (nSPS) is 14.6. The van der Waals surface area contributed by atoms with E-state index in [2.05, 4.69) is 0 Å². The van der Waals surface area contributed by atoms with E-state index in [9.17, 15) is 5.11 Å². The molecule has 88 valence electrons. The fourth-order valence-electron chi connectivity index (χ4n) is 2.44. The van der Waals surface area contributed by atoms with Crippen molar-refractivity contribution in [2.24, 2.45) is 0 Å². The van der Waals surface area contributed by atoms with E-state index in [1.807, 2.05) is 6.07 Å². The summed E-state index contributed by atoms with van der Waals surface area (Å²) in [7, 11) is 1.66. The summed E-state index contributed by atoms with van der Waals surface area (Å²) < 4.78 is 5.36. The maximum absolute atomic E-state index is 10.1. The van der Waals surface area contributed by atoms with E-state index >= 15 is 0 Å². The first-order valence-corrected chi connectivity index (χ1v) is 5.79. The summed E-state index contributed by atoms with van der Waals surface area (Å²) in [6.45, 7) is 0.0511. The van der Waals surface area contributed by atoms with Crippen molar-refractivity contribution in [3.05, 3.63) is 22.8 Å². The number of ether oxygens (including phenoxy) is 1. The Kier molecular flexibility index (Phi) is 3.34. The smallest absolute Gasteiger partial charge is 0.122 e. The Bertz CT molecular complexity index is 385. The Balaban J connectivity index is 2.51. The van der Waals surface area contributed by atoms with Crippen LogP contribution in [0.5, 0.6) is 11.5 Å². The molecule has 3 heteroatoms. The largest absolute Gasteiger partial charge is 0.507 e. The van der Waals surface area contributed by atoms with E-state index in [4.69, 9.17) is 9.84 Å². The highest BCUT2D eigenvalue weighted by molar-refractivity contribution is 5.54.